The molecule has 22 aromatic rings. The van der Waals surface area contributed by atoms with Gasteiger partial charge in [-0.1, -0.05) is 94.4 Å². The number of methoxy groups -OCH3 is 4. The van der Waals surface area contributed by atoms with Crippen molar-refractivity contribution >= 4 is 102 Å². The van der Waals surface area contributed by atoms with E-state index in [4.69, 9.17) is 59.8 Å². The van der Waals surface area contributed by atoms with Crippen LogP contribution < -0.4 is 24.6 Å². The van der Waals surface area contributed by atoms with Crippen LogP contribution in [0.5, 0.6) is 34.5 Å². The van der Waals surface area contributed by atoms with Crippen molar-refractivity contribution in [3.05, 3.63) is 350 Å². The molecule has 0 aliphatic rings. The number of aromatic nitrogens is 24. The van der Waals surface area contributed by atoms with Crippen LogP contribution in [-0.4, -0.2) is 166 Å². The molecule has 3 N–H and O–H groups in total. The molecule has 0 radical (unpaired) electrons. The van der Waals surface area contributed by atoms with Crippen LogP contribution >= 0.6 is 23.2 Å². The molecular formula is C93H73Cl2FN26O15. The number of nitrogens with one attached hydrogen (secondary N) is 1. The van der Waals surface area contributed by atoms with Gasteiger partial charge in [-0.25, -0.2) is 54.6 Å². The van der Waals surface area contributed by atoms with E-state index in [1.807, 2.05) is 150 Å². The maximum atomic E-state index is 13.9. The van der Waals surface area contributed by atoms with E-state index in [-0.39, 0.29) is 16.7 Å². The molecule has 0 bridgehead atoms. The molecule has 0 spiro atoms. The Hall–Kier alpha value is -18.4. The number of aromatic amines is 1. The quantitative estimate of drug-likeness (QED) is 0.0245. The van der Waals surface area contributed by atoms with E-state index in [1.54, 1.807) is 145 Å². The Morgan fingerprint density at radius 2 is 0.672 bits per heavy atom. The maximum absolute atomic E-state index is 13.9. The first-order chi connectivity index (χ1) is 66.7. The van der Waals surface area contributed by atoms with Crippen LogP contribution in [0.2, 0.25) is 10.3 Å². The van der Waals surface area contributed by atoms with E-state index in [2.05, 4.69) is 89.7 Å². The van der Waals surface area contributed by atoms with Gasteiger partial charge in [0.05, 0.1) is 131 Å². The molecule has 0 fully saturated rings. The first-order valence-electron chi connectivity index (χ1n) is 41.1. The third-order valence-corrected chi connectivity index (χ3v) is 21.2. The van der Waals surface area contributed by atoms with Gasteiger partial charge < -0.3 is 90.3 Å². The maximum Gasteiger partial charge on any atom is 0.472 e. The van der Waals surface area contributed by atoms with Gasteiger partial charge in [0, 0.05) is 0 Å². The van der Waals surface area contributed by atoms with E-state index >= 15 is 0 Å². The van der Waals surface area contributed by atoms with Crippen molar-refractivity contribution in [2.75, 3.05) is 28.4 Å². The number of fused-ring (bicyclic) bond motifs is 6. The number of benzene rings is 6. The minimum absolute atomic E-state index is 0.0369. The minimum atomic E-state index is -0.814. The minimum Gasteiger partial charge on any atom is -0.508 e. The summed E-state index contributed by atoms with van der Waals surface area (Å²) in [5.41, 5.74) is 13.8. The third-order valence-electron chi connectivity index (χ3n) is 20.7. The van der Waals surface area contributed by atoms with Crippen LogP contribution in [0.1, 0.15) is 39.2 Å². The zero-order valence-corrected chi connectivity index (χ0v) is 74.1. The predicted octanol–water partition coefficient (Wildman–Crippen LogP) is 16.6. The van der Waals surface area contributed by atoms with Crippen molar-refractivity contribution in [3.63, 3.8) is 0 Å². The normalized spacial score (nSPS) is 11.0. The van der Waals surface area contributed by atoms with Crippen LogP contribution in [0.15, 0.2) is 286 Å². The summed E-state index contributed by atoms with van der Waals surface area (Å²) >= 11 is 11.9. The Bertz CT molecular complexity index is 8000. The number of aromatic hydroxyl groups is 2. The van der Waals surface area contributed by atoms with E-state index in [0.29, 0.717) is 152 Å². The van der Waals surface area contributed by atoms with Gasteiger partial charge in [-0.05, 0) is 193 Å². The molecule has 44 heteroatoms. The highest BCUT2D eigenvalue weighted by molar-refractivity contribution is 6.34. The number of halogens is 3. The van der Waals surface area contributed by atoms with E-state index in [1.165, 1.54) is 31.4 Å². The van der Waals surface area contributed by atoms with Gasteiger partial charge in [-0.15, -0.1) is 0 Å². The zero-order valence-electron chi connectivity index (χ0n) is 72.6. The molecule has 137 heavy (non-hydrogen) atoms. The van der Waals surface area contributed by atoms with Gasteiger partial charge in [0.25, 0.3) is 0 Å². The highest BCUT2D eigenvalue weighted by Gasteiger charge is 2.27. The van der Waals surface area contributed by atoms with Crippen molar-refractivity contribution in [2.24, 2.45) is 0 Å². The summed E-state index contributed by atoms with van der Waals surface area (Å²) in [7, 11) is 6.46. The van der Waals surface area contributed by atoms with Crippen LogP contribution in [0.3, 0.4) is 0 Å². The smallest absolute Gasteiger partial charge is 0.472 e. The van der Waals surface area contributed by atoms with Crippen LogP contribution in [0.25, 0.3) is 113 Å². The Morgan fingerprint density at radius 3 is 1.05 bits per heavy atom. The van der Waals surface area contributed by atoms with Gasteiger partial charge in [0.2, 0.25) is 22.1 Å². The van der Waals surface area contributed by atoms with Crippen LogP contribution in [0, 0.1) is 33.2 Å². The molecule has 41 nitrogen and oxygen atoms in total. The third kappa shape index (κ3) is 21.0. The van der Waals surface area contributed by atoms with Crippen molar-refractivity contribution < 1.29 is 61.1 Å². The SMILES string of the molecule is COc1ccc(Cn2cnc3c(-c4ccco4)nc(F)nc32)cc1.COc1ccc(Cn2cnc3c(-c4ccco4)nc([N+](=O)[O-])nc32)cc1.COc1ccc(Cn2cnc3c(Cl)nc([N+](=O)[O-])nc32)cc1.COc1ccc(Cn2cnc3c(Cl)ncnc32)cc1.Cc1nc(-c2ccco2)c2ncn(Cc3ccc(O)cc3)c2n1.O=c1nc2c(ncn2Cc2ccc(O)cc2)c(-c2ccco2)[nH]1. The van der Waals surface area contributed by atoms with Crippen LogP contribution in [0.4, 0.5) is 16.3 Å². The molecule has 0 saturated heterocycles. The number of nitro groups is 2. The lowest BCUT2D eigenvalue weighted by atomic mass is 10.2. The number of phenols is 2. The molecule has 0 unspecified atom stereocenters. The molecule has 0 aliphatic heterocycles. The molecule has 0 aliphatic carbocycles. The van der Waals surface area contributed by atoms with Gasteiger partial charge >= 0.3 is 23.7 Å². The number of rotatable bonds is 22. The van der Waals surface area contributed by atoms with Crippen molar-refractivity contribution in [2.45, 2.75) is 46.2 Å². The van der Waals surface area contributed by atoms with E-state index in [9.17, 15) is 39.6 Å². The molecule has 0 atom stereocenters. The average Bonchev–Trinajstić information content (AvgIpc) is 1.65. The second-order valence-corrected chi connectivity index (χ2v) is 30.4. The van der Waals surface area contributed by atoms with Gasteiger partial charge in [-0.2, -0.15) is 19.3 Å². The Labute approximate surface area is 780 Å². The fourth-order valence-electron chi connectivity index (χ4n) is 14.1. The number of furan rings is 4. The Balaban J connectivity index is 0.000000114. The Morgan fingerprint density at radius 1 is 0.358 bits per heavy atom. The van der Waals surface area contributed by atoms with Gasteiger partial charge in [-0.3, -0.25) is 9.13 Å². The number of imidazole rings is 6. The molecule has 16 aromatic heterocycles. The summed E-state index contributed by atoms with van der Waals surface area (Å²) in [5, 5.41) is 41.1. The van der Waals surface area contributed by atoms with Crippen molar-refractivity contribution in [3.8, 4) is 80.3 Å². The summed E-state index contributed by atoms with van der Waals surface area (Å²) in [6.45, 7) is 5.04. The van der Waals surface area contributed by atoms with E-state index in [0.717, 1.165) is 67.7 Å². The molecule has 686 valence electrons. The number of hydrogen-bond donors (Lipinski definition) is 3. The first-order valence-corrected chi connectivity index (χ1v) is 41.9. The number of nitrogens with zero attached hydrogens (tertiary/aromatic N) is 25. The molecular weight excluding hydrogens is 1810 g/mol. The lowest BCUT2D eigenvalue weighted by Gasteiger charge is -2.06. The fourth-order valence-corrected chi connectivity index (χ4v) is 14.5. The Kier molecular flexibility index (Phi) is 27.1. The lowest BCUT2D eigenvalue weighted by molar-refractivity contribution is -0.394. The topological polar surface area (TPSA) is 498 Å². The summed E-state index contributed by atoms with van der Waals surface area (Å²) in [6, 6.07) is 58.4. The predicted molar refractivity (Wildman–Crippen MR) is 496 cm³/mol. The largest absolute Gasteiger partial charge is 0.508 e. The van der Waals surface area contributed by atoms with Crippen LogP contribution in [-0.2, 0) is 39.3 Å². The van der Waals surface area contributed by atoms with Crippen molar-refractivity contribution in [1.29, 1.82) is 0 Å². The lowest BCUT2D eigenvalue weighted by Crippen LogP contribution is -2.13. The summed E-state index contributed by atoms with van der Waals surface area (Å²) < 4.78 is 66.7. The number of ether oxygens (including phenoxy) is 4. The van der Waals surface area contributed by atoms with E-state index < -0.39 is 33.5 Å². The fraction of sp³-hybridized carbons (Fsp3) is 0.118. The molecule has 16 heterocycles. The van der Waals surface area contributed by atoms with Crippen molar-refractivity contribution in [1.82, 2.24) is 117 Å². The monoisotopic (exact) mass is 1880 g/mol. The molecule has 0 saturated carbocycles. The van der Waals surface area contributed by atoms with Gasteiger partial charge in [0.1, 0.15) is 85.8 Å². The summed E-state index contributed by atoms with van der Waals surface area (Å²) in [4.78, 5) is 106. The number of hydrogen-bond acceptors (Lipinski definition) is 32. The molecule has 6 aromatic carbocycles. The molecule has 0 amide bonds. The highest BCUT2D eigenvalue weighted by atomic mass is 35.5. The molecule has 22 rings (SSSR count). The zero-order chi connectivity index (χ0) is 95.2. The highest BCUT2D eigenvalue weighted by Crippen LogP contribution is 2.33. The summed E-state index contributed by atoms with van der Waals surface area (Å²) in [6.07, 6.45) is 16.6. The van der Waals surface area contributed by atoms with Gasteiger partial charge in [0.15, 0.2) is 61.8 Å². The number of phenolic OH excluding ortho intramolecular Hbond substituents is 2. The average molecular weight is 1880 g/mol. The number of aryl methyl sites for hydroxylation is 1. The first kappa shape index (κ1) is 90.6. The second kappa shape index (κ2) is 41.0. The second-order valence-electron chi connectivity index (χ2n) is 29.6. The standard InChI is InChI=1S/C17H13FN4O2.C17H13N5O4.C17H14N4O2.C16H12N4O3.C13H10ClN5O3.C13H11ClN4O/c1-23-12-6-4-11(5-7-12)9-22-10-19-15-14(13-3-2-8-24-13)20-17(18)21-16(15)22;1-25-12-6-4-11(5-7-12)9-21-10-18-15-14(13-3-2-8-26-13)19-17(22(23)24)20-16(15)21;1-11-19-15(14-3-2-8-23-14)16-17(20-11)21(10-18-16)9-12-4-6-13(22)7-5-12;21-11-5-3-10(4-6-11)8-20-9-17-14-13(12-2-1-7-23-12)18-16(22)19-15(14)20;1-22-9-4-2-8(3-5-9)6-18-7-15-10-11(14)16-13(19(20)21)17-12(10)18;1-19-10-4-2-9(3-5-10)6-18-8-17-11-12(14)15-7-16-13(11)18/h2-8,10H,9H2,1H3;2-8,10H,9H2,1H3;2-8,10,22H,9H2,1H3;1-7,9,21H,8H2,(H,18,19,22);2-5,7H,6H2,1H3;2-5,7-8H,6H2,1H3. The summed E-state index contributed by atoms with van der Waals surface area (Å²) in [5.74, 6) is 5.26. The number of H-pyrrole nitrogens is 1.